The highest BCUT2D eigenvalue weighted by Crippen LogP contribution is 2.35. The van der Waals surface area contributed by atoms with Crippen molar-refractivity contribution < 1.29 is 5.11 Å². The summed E-state index contributed by atoms with van der Waals surface area (Å²) in [5.74, 6) is 0.311. The summed E-state index contributed by atoms with van der Waals surface area (Å²) in [7, 11) is 0. The Kier molecular flexibility index (Phi) is 4.18. The van der Waals surface area contributed by atoms with E-state index in [0.717, 1.165) is 25.2 Å². The van der Waals surface area contributed by atoms with Crippen LogP contribution in [0.3, 0.4) is 0 Å². The maximum Gasteiger partial charge on any atom is 0.121 e. The molecule has 0 atom stereocenters. The summed E-state index contributed by atoms with van der Waals surface area (Å²) in [5, 5.41) is 10.5. The number of halogens is 1. The number of likely N-dealkylation sites (tertiary alicyclic amines) is 1. The molecule has 2 nitrogen and oxygen atoms in total. The molecule has 0 saturated carbocycles. The van der Waals surface area contributed by atoms with Crippen molar-refractivity contribution in [3.63, 3.8) is 0 Å². The van der Waals surface area contributed by atoms with E-state index in [0.29, 0.717) is 16.2 Å². The summed E-state index contributed by atoms with van der Waals surface area (Å²) in [4.78, 5) is 2.39. The van der Waals surface area contributed by atoms with Crippen LogP contribution in [0.5, 0.6) is 5.75 Å². The van der Waals surface area contributed by atoms with Gasteiger partial charge in [0.15, 0.2) is 0 Å². The summed E-state index contributed by atoms with van der Waals surface area (Å²) >= 11 is 6.15. The number of phenolic OH excluding ortho intramolecular Hbond substituents is 1. The monoisotopic (exact) mass is 267 g/mol. The fourth-order valence-corrected chi connectivity index (χ4v) is 2.76. The Balaban J connectivity index is 2.00. The number of hydrogen-bond donors (Lipinski definition) is 1. The average Bonchev–Trinajstić information content (AvgIpc) is 2.36. The smallest absolute Gasteiger partial charge is 0.121 e. The van der Waals surface area contributed by atoms with Gasteiger partial charge in [0.25, 0.3) is 0 Å². The van der Waals surface area contributed by atoms with Crippen molar-refractivity contribution in [1.29, 1.82) is 0 Å². The van der Waals surface area contributed by atoms with Gasteiger partial charge in [0, 0.05) is 17.1 Å². The predicted octanol–water partition coefficient (Wildman–Crippen LogP) is 4.06. The number of nitrogens with zero attached hydrogens (tertiary/aromatic N) is 1. The first-order chi connectivity index (χ1) is 8.54. The largest absolute Gasteiger partial charge is 0.508 e. The van der Waals surface area contributed by atoms with Crippen LogP contribution < -0.4 is 0 Å². The van der Waals surface area contributed by atoms with Crippen LogP contribution in [0.2, 0.25) is 5.02 Å². The molecule has 1 fully saturated rings. The second kappa shape index (κ2) is 5.50. The van der Waals surface area contributed by atoms with Gasteiger partial charge in [-0.15, -0.1) is 0 Å². The number of hydrogen-bond acceptors (Lipinski definition) is 2. The summed E-state index contributed by atoms with van der Waals surface area (Å²) in [6.45, 7) is 7.59. The standard InChI is InChI=1S/C15H22ClNO/c1-3-15(2)7-9-17(10-8-15)11-12-13(16)5-4-6-14(12)18/h4-6,18H,3,7-11H2,1-2H3. The van der Waals surface area contributed by atoms with E-state index in [1.54, 1.807) is 12.1 Å². The van der Waals surface area contributed by atoms with Gasteiger partial charge in [0.1, 0.15) is 5.75 Å². The molecule has 1 saturated heterocycles. The Bertz CT molecular complexity index is 391. The van der Waals surface area contributed by atoms with E-state index in [1.807, 2.05) is 6.07 Å². The molecule has 1 aliphatic rings. The zero-order valence-corrected chi connectivity index (χ0v) is 12.0. The van der Waals surface area contributed by atoms with Gasteiger partial charge in [-0.2, -0.15) is 0 Å². The lowest BCUT2D eigenvalue weighted by molar-refractivity contribution is 0.109. The van der Waals surface area contributed by atoms with Gasteiger partial charge in [-0.1, -0.05) is 37.9 Å². The second-order valence-corrected chi connectivity index (χ2v) is 6.09. The van der Waals surface area contributed by atoms with E-state index in [1.165, 1.54) is 19.3 Å². The summed E-state index contributed by atoms with van der Waals surface area (Å²) in [5.41, 5.74) is 1.36. The van der Waals surface area contributed by atoms with E-state index in [4.69, 9.17) is 11.6 Å². The third kappa shape index (κ3) is 2.99. The van der Waals surface area contributed by atoms with Crippen molar-refractivity contribution in [2.45, 2.75) is 39.7 Å². The van der Waals surface area contributed by atoms with Crippen LogP contribution in [0.15, 0.2) is 18.2 Å². The molecule has 0 aromatic heterocycles. The molecule has 2 rings (SSSR count). The molecule has 0 radical (unpaired) electrons. The van der Waals surface area contributed by atoms with Crippen LogP contribution in [0.4, 0.5) is 0 Å². The predicted molar refractivity (Wildman–Crippen MR) is 76.0 cm³/mol. The van der Waals surface area contributed by atoms with Crippen LogP contribution in [0, 0.1) is 5.41 Å². The SMILES string of the molecule is CCC1(C)CCN(Cc2c(O)cccc2Cl)CC1. The van der Waals surface area contributed by atoms with Crippen LogP contribution in [-0.2, 0) is 6.54 Å². The maximum absolute atomic E-state index is 9.86. The molecule has 0 spiro atoms. The number of aromatic hydroxyl groups is 1. The molecule has 1 aromatic rings. The fourth-order valence-electron chi connectivity index (χ4n) is 2.53. The summed E-state index contributed by atoms with van der Waals surface area (Å²) in [6, 6.07) is 5.34. The van der Waals surface area contributed by atoms with Gasteiger partial charge in [-0.25, -0.2) is 0 Å². The molecule has 0 bridgehead atoms. The zero-order chi connectivity index (χ0) is 13.2. The number of phenols is 1. The highest BCUT2D eigenvalue weighted by Gasteiger charge is 2.28. The zero-order valence-electron chi connectivity index (χ0n) is 11.2. The normalized spacial score (nSPS) is 19.9. The Labute approximate surface area is 115 Å². The van der Waals surface area contributed by atoms with Crippen molar-refractivity contribution >= 4 is 11.6 Å². The first-order valence-corrected chi connectivity index (χ1v) is 7.10. The molecule has 18 heavy (non-hydrogen) atoms. The minimum absolute atomic E-state index is 0.311. The highest BCUT2D eigenvalue weighted by molar-refractivity contribution is 6.31. The minimum Gasteiger partial charge on any atom is -0.508 e. The van der Waals surface area contributed by atoms with Gasteiger partial charge in [0.05, 0.1) is 0 Å². The fraction of sp³-hybridized carbons (Fsp3) is 0.600. The van der Waals surface area contributed by atoms with Crippen molar-refractivity contribution in [3.05, 3.63) is 28.8 Å². The lowest BCUT2D eigenvalue weighted by Gasteiger charge is -2.39. The Morgan fingerprint density at radius 3 is 2.56 bits per heavy atom. The number of piperidine rings is 1. The molecule has 100 valence electrons. The van der Waals surface area contributed by atoms with Crippen LogP contribution in [0.25, 0.3) is 0 Å². The summed E-state index contributed by atoms with van der Waals surface area (Å²) < 4.78 is 0. The first-order valence-electron chi connectivity index (χ1n) is 6.73. The van der Waals surface area contributed by atoms with Gasteiger partial charge in [-0.3, -0.25) is 4.90 Å². The number of benzene rings is 1. The minimum atomic E-state index is 0.311. The Hall–Kier alpha value is -0.730. The summed E-state index contributed by atoms with van der Waals surface area (Å²) in [6.07, 6.45) is 3.71. The van der Waals surface area contributed by atoms with Crippen molar-refractivity contribution in [3.8, 4) is 5.75 Å². The van der Waals surface area contributed by atoms with E-state index < -0.39 is 0 Å². The molecule has 1 aromatic carbocycles. The van der Waals surface area contributed by atoms with Crippen molar-refractivity contribution in [2.24, 2.45) is 5.41 Å². The second-order valence-electron chi connectivity index (χ2n) is 5.68. The lowest BCUT2D eigenvalue weighted by atomic mass is 9.78. The maximum atomic E-state index is 9.86. The molecule has 0 amide bonds. The van der Waals surface area contributed by atoms with Gasteiger partial charge in [0.2, 0.25) is 0 Å². The molecule has 3 heteroatoms. The van der Waals surface area contributed by atoms with Gasteiger partial charge < -0.3 is 5.11 Å². The molecular weight excluding hydrogens is 246 g/mol. The molecule has 0 unspecified atom stereocenters. The lowest BCUT2D eigenvalue weighted by Crippen LogP contribution is -2.37. The van der Waals surface area contributed by atoms with E-state index >= 15 is 0 Å². The van der Waals surface area contributed by atoms with E-state index in [2.05, 4.69) is 18.7 Å². The molecule has 1 heterocycles. The van der Waals surface area contributed by atoms with Gasteiger partial charge >= 0.3 is 0 Å². The van der Waals surface area contributed by atoms with Crippen LogP contribution in [-0.4, -0.2) is 23.1 Å². The Morgan fingerprint density at radius 1 is 1.33 bits per heavy atom. The van der Waals surface area contributed by atoms with Crippen molar-refractivity contribution in [1.82, 2.24) is 4.90 Å². The van der Waals surface area contributed by atoms with Crippen LogP contribution in [0.1, 0.15) is 38.7 Å². The van der Waals surface area contributed by atoms with E-state index in [9.17, 15) is 5.11 Å². The molecular formula is C15H22ClNO. The van der Waals surface area contributed by atoms with Crippen molar-refractivity contribution in [2.75, 3.05) is 13.1 Å². The molecule has 1 aliphatic heterocycles. The first kappa shape index (κ1) is 13.7. The third-order valence-electron chi connectivity index (χ3n) is 4.39. The topological polar surface area (TPSA) is 23.5 Å². The molecule has 0 aliphatic carbocycles. The number of rotatable bonds is 3. The Morgan fingerprint density at radius 2 is 2.00 bits per heavy atom. The highest BCUT2D eigenvalue weighted by atomic mass is 35.5. The quantitative estimate of drug-likeness (QED) is 0.893. The third-order valence-corrected chi connectivity index (χ3v) is 4.75. The van der Waals surface area contributed by atoms with Gasteiger partial charge in [-0.05, 0) is 43.5 Å². The average molecular weight is 268 g/mol. The van der Waals surface area contributed by atoms with Crippen LogP contribution >= 0.6 is 11.6 Å². The van der Waals surface area contributed by atoms with E-state index in [-0.39, 0.29) is 0 Å². The molecule has 1 N–H and O–H groups in total.